The van der Waals surface area contributed by atoms with E-state index in [9.17, 15) is 4.79 Å². The molecule has 3 nitrogen and oxygen atoms in total. The van der Waals surface area contributed by atoms with Crippen molar-refractivity contribution in [2.45, 2.75) is 62.9 Å². The highest BCUT2D eigenvalue weighted by atomic mass is 16.1. The summed E-state index contributed by atoms with van der Waals surface area (Å²) in [5, 5.41) is 3.20. The Balaban J connectivity index is 1.53. The van der Waals surface area contributed by atoms with E-state index < -0.39 is 0 Å². The Morgan fingerprint density at radius 2 is 1.90 bits per heavy atom. The molecule has 0 saturated heterocycles. The molecule has 1 saturated carbocycles. The minimum absolute atomic E-state index is 0.215. The van der Waals surface area contributed by atoms with Crippen LogP contribution in [0.2, 0.25) is 0 Å². The summed E-state index contributed by atoms with van der Waals surface area (Å²) in [6.07, 6.45) is 7.02. The SMILES string of the molecule is NC1CCC(NC(=O)C[C@H]2CCc3ccccc32)CC1. The van der Waals surface area contributed by atoms with Crippen molar-refractivity contribution in [1.29, 1.82) is 0 Å². The Bertz CT molecular complexity index is 478. The van der Waals surface area contributed by atoms with Gasteiger partial charge in [-0.3, -0.25) is 4.79 Å². The third kappa shape index (κ3) is 3.04. The maximum absolute atomic E-state index is 12.2. The Morgan fingerprint density at radius 3 is 2.70 bits per heavy atom. The van der Waals surface area contributed by atoms with E-state index in [1.165, 1.54) is 11.1 Å². The van der Waals surface area contributed by atoms with Crippen molar-refractivity contribution < 1.29 is 4.79 Å². The summed E-state index contributed by atoms with van der Waals surface area (Å²) in [5.41, 5.74) is 8.71. The van der Waals surface area contributed by atoms with Crippen molar-refractivity contribution in [2.24, 2.45) is 5.73 Å². The molecule has 1 aromatic rings. The van der Waals surface area contributed by atoms with Gasteiger partial charge in [-0.05, 0) is 55.6 Å². The summed E-state index contributed by atoms with van der Waals surface area (Å²) in [7, 11) is 0. The van der Waals surface area contributed by atoms with Crippen molar-refractivity contribution in [3.63, 3.8) is 0 Å². The molecule has 0 heterocycles. The third-order valence-electron chi connectivity index (χ3n) is 4.83. The van der Waals surface area contributed by atoms with Crippen LogP contribution in [0, 0.1) is 0 Å². The lowest BCUT2D eigenvalue weighted by Crippen LogP contribution is -2.40. The number of nitrogens with two attached hydrogens (primary N) is 1. The number of nitrogens with one attached hydrogen (secondary N) is 1. The van der Waals surface area contributed by atoms with Gasteiger partial charge in [0.15, 0.2) is 0 Å². The molecule has 1 amide bonds. The van der Waals surface area contributed by atoms with Crippen molar-refractivity contribution in [1.82, 2.24) is 5.32 Å². The number of hydrogen-bond acceptors (Lipinski definition) is 2. The highest BCUT2D eigenvalue weighted by Crippen LogP contribution is 2.35. The van der Waals surface area contributed by atoms with Crippen LogP contribution in [0.4, 0.5) is 0 Å². The molecule has 3 N–H and O–H groups in total. The van der Waals surface area contributed by atoms with Gasteiger partial charge >= 0.3 is 0 Å². The molecule has 20 heavy (non-hydrogen) atoms. The van der Waals surface area contributed by atoms with E-state index in [2.05, 4.69) is 29.6 Å². The van der Waals surface area contributed by atoms with Gasteiger partial charge in [0.1, 0.15) is 0 Å². The Morgan fingerprint density at radius 1 is 1.15 bits per heavy atom. The lowest BCUT2D eigenvalue weighted by Gasteiger charge is -2.27. The summed E-state index contributed by atoms with van der Waals surface area (Å²) in [5.74, 6) is 0.629. The number of aryl methyl sites for hydroxylation is 1. The number of fused-ring (bicyclic) bond motifs is 1. The summed E-state index contributed by atoms with van der Waals surface area (Å²) < 4.78 is 0. The first kappa shape index (κ1) is 13.6. The summed E-state index contributed by atoms with van der Waals surface area (Å²) >= 11 is 0. The zero-order valence-electron chi connectivity index (χ0n) is 12.0. The summed E-state index contributed by atoms with van der Waals surface area (Å²) in [6, 6.07) is 9.23. The van der Waals surface area contributed by atoms with E-state index in [0.29, 0.717) is 24.4 Å². The van der Waals surface area contributed by atoms with Crippen LogP contribution in [0.1, 0.15) is 55.6 Å². The van der Waals surface area contributed by atoms with Gasteiger partial charge in [-0.25, -0.2) is 0 Å². The second-order valence-corrected chi connectivity index (χ2v) is 6.32. The molecule has 0 radical (unpaired) electrons. The molecule has 0 unspecified atom stereocenters. The molecule has 1 aromatic carbocycles. The Hall–Kier alpha value is -1.35. The van der Waals surface area contributed by atoms with Crippen LogP contribution in [0.5, 0.6) is 0 Å². The van der Waals surface area contributed by atoms with E-state index in [1.807, 2.05) is 0 Å². The average Bonchev–Trinajstić information content (AvgIpc) is 2.85. The average molecular weight is 272 g/mol. The highest BCUT2D eigenvalue weighted by molar-refractivity contribution is 5.77. The number of benzene rings is 1. The molecule has 2 aliphatic carbocycles. The first-order valence-electron chi connectivity index (χ1n) is 7.85. The van der Waals surface area contributed by atoms with Crippen LogP contribution in [0.3, 0.4) is 0 Å². The fourth-order valence-electron chi connectivity index (χ4n) is 3.63. The van der Waals surface area contributed by atoms with E-state index in [1.54, 1.807) is 0 Å². The van der Waals surface area contributed by atoms with Gasteiger partial charge in [0.05, 0.1) is 0 Å². The largest absolute Gasteiger partial charge is 0.353 e. The van der Waals surface area contributed by atoms with Crippen molar-refractivity contribution in [2.75, 3.05) is 0 Å². The molecule has 1 atom stereocenters. The van der Waals surface area contributed by atoms with Gasteiger partial charge in [0.2, 0.25) is 5.91 Å². The molecule has 0 aromatic heterocycles. The standard InChI is InChI=1S/C17H24N2O/c18-14-7-9-15(10-8-14)19-17(20)11-13-6-5-12-3-1-2-4-16(12)13/h1-4,13-15H,5-11,18H2,(H,19,20)/t13-,14?,15?/m1/s1. The lowest BCUT2D eigenvalue weighted by molar-refractivity contribution is -0.122. The number of carbonyl (C=O) groups is 1. The first-order valence-corrected chi connectivity index (χ1v) is 7.85. The number of rotatable bonds is 3. The highest BCUT2D eigenvalue weighted by Gasteiger charge is 2.26. The second kappa shape index (κ2) is 5.96. The van der Waals surface area contributed by atoms with Gasteiger partial charge in [0, 0.05) is 18.5 Å². The van der Waals surface area contributed by atoms with Gasteiger partial charge < -0.3 is 11.1 Å². The fourth-order valence-corrected chi connectivity index (χ4v) is 3.63. The maximum Gasteiger partial charge on any atom is 0.220 e. The van der Waals surface area contributed by atoms with E-state index >= 15 is 0 Å². The number of amides is 1. The quantitative estimate of drug-likeness (QED) is 0.888. The molecule has 108 valence electrons. The van der Waals surface area contributed by atoms with Gasteiger partial charge in [-0.2, -0.15) is 0 Å². The second-order valence-electron chi connectivity index (χ2n) is 6.32. The number of carbonyl (C=O) groups excluding carboxylic acids is 1. The van der Waals surface area contributed by atoms with Crippen LogP contribution in [0.15, 0.2) is 24.3 Å². The minimum atomic E-state index is 0.215. The fraction of sp³-hybridized carbons (Fsp3) is 0.588. The zero-order chi connectivity index (χ0) is 13.9. The molecular weight excluding hydrogens is 248 g/mol. The first-order chi connectivity index (χ1) is 9.72. The molecule has 3 rings (SSSR count). The van der Waals surface area contributed by atoms with Crippen molar-refractivity contribution in [3.8, 4) is 0 Å². The Kier molecular flexibility index (Phi) is 4.06. The molecule has 3 heteroatoms. The maximum atomic E-state index is 12.2. The van der Waals surface area contributed by atoms with Gasteiger partial charge in [0.25, 0.3) is 0 Å². The number of hydrogen-bond donors (Lipinski definition) is 2. The predicted octanol–water partition coefficient (Wildman–Crippen LogP) is 2.49. The lowest BCUT2D eigenvalue weighted by atomic mass is 9.91. The summed E-state index contributed by atoms with van der Waals surface area (Å²) in [4.78, 5) is 12.2. The molecular formula is C17H24N2O. The third-order valence-corrected chi connectivity index (χ3v) is 4.83. The molecule has 0 spiro atoms. The van der Waals surface area contributed by atoms with Crippen LogP contribution >= 0.6 is 0 Å². The molecule has 1 fully saturated rings. The van der Waals surface area contributed by atoms with E-state index in [0.717, 1.165) is 38.5 Å². The summed E-state index contributed by atoms with van der Waals surface area (Å²) in [6.45, 7) is 0. The van der Waals surface area contributed by atoms with Crippen molar-refractivity contribution >= 4 is 5.91 Å². The molecule has 0 aliphatic heterocycles. The van der Waals surface area contributed by atoms with E-state index in [-0.39, 0.29) is 5.91 Å². The van der Waals surface area contributed by atoms with Gasteiger partial charge in [-0.15, -0.1) is 0 Å². The monoisotopic (exact) mass is 272 g/mol. The smallest absolute Gasteiger partial charge is 0.220 e. The topological polar surface area (TPSA) is 55.1 Å². The molecule has 0 bridgehead atoms. The minimum Gasteiger partial charge on any atom is -0.353 e. The van der Waals surface area contributed by atoms with Crippen LogP contribution < -0.4 is 11.1 Å². The van der Waals surface area contributed by atoms with E-state index in [4.69, 9.17) is 5.73 Å². The zero-order valence-corrected chi connectivity index (χ0v) is 12.0. The van der Waals surface area contributed by atoms with Crippen LogP contribution in [0.25, 0.3) is 0 Å². The van der Waals surface area contributed by atoms with Crippen LogP contribution in [-0.2, 0) is 11.2 Å². The van der Waals surface area contributed by atoms with Crippen LogP contribution in [-0.4, -0.2) is 18.0 Å². The van der Waals surface area contributed by atoms with Gasteiger partial charge in [-0.1, -0.05) is 24.3 Å². The van der Waals surface area contributed by atoms with Crippen molar-refractivity contribution in [3.05, 3.63) is 35.4 Å². The Labute approximate surface area is 120 Å². The normalized spacial score (nSPS) is 28.9. The predicted molar refractivity (Wildman–Crippen MR) is 80.5 cm³/mol. The molecule has 2 aliphatic rings.